The van der Waals surface area contributed by atoms with Gasteiger partial charge >= 0.3 is 0 Å². The van der Waals surface area contributed by atoms with Gasteiger partial charge in [0, 0.05) is 51.4 Å². The number of benzene rings is 8. The number of fused-ring (bicyclic) bond motifs is 11. The normalized spacial score (nSPS) is 13.9. The molecule has 0 spiro atoms. The van der Waals surface area contributed by atoms with Crippen molar-refractivity contribution in [1.82, 2.24) is 0 Å². The Hall–Kier alpha value is -6.20. The summed E-state index contributed by atoms with van der Waals surface area (Å²) in [5, 5.41) is 5.25. The molecule has 0 fully saturated rings. The van der Waals surface area contributed by atoms with Crippen molar-refractivity contribution in [1.29, 1.82) is 0 Å². The molecule has 2 aliphatic rings. The first kappa shape index (κ1) is 31.2. The van der Waals surface area contributed by atoms with E-state index < -0.39 is 0 Å². The highest BCUT2D eigenvalue weighted by Gasteiger charge is 2.36. The first-order valence-corrected chi connectivity index (χ1v) is 20.5. The second kappa shape index (κ2) is 11.4. The third-order valence-electron chi connectivity index (χ3n) is 11.9. The van der Waals surface area contributed by atoms with Crippen molar-refractivity contribution in [2.75, 3.05) is 4.90 Å². The van der Waals surface area contributed by atoms with Gasteiger partial charge in [-0.2, -0.15) is 0 Å². The Morgan fingerprint density at radius 3 is 1.53 bits per heavy atom. The molecule has 0 N–H and O–H groups in total. The van der Waals surface area contributed by atoms with E-state index in [2.05, 4.69) is 183 Å². The molecule has 2 nitrogen and oxygen atoms in total. The predicted molar refractivity (Wildman–Crippen MR) is 235 cm³/mol. The average Bonchev–Trinajstić information content (AvgIpc) is 3.86. The molecule has 0 atom stereocenters. The molecule has 3 heterocycles. The zero-order chi connectivity index (χ0) is 36.4. The van der Waals surface area contributed by atoms with Crippen LogP contribution in [-0.2, 0) is 5.41 Å². The number of hydrogen-bond donors (Lipinski definition) is 0. The van der Waals surface area contributed by atoms with E-state index in [9.17, 15) is 0 Å². The maximum Gasteiger partial charge on any atom is 0.152 e. The molecule has 1 aliphatic heterocycles. The molecule has 12 rings (SSSR count). The van der Waals surface area contributed by atoms with Gasteiger partial charge in [-0.3, -0.25) is 0 Å². The van der Waals surface area contributed by atoms with Crippen LogP contribution >= 0.6 is 22.7 Å². The van der Waals surface area contributed by atoms with Crippen LogP contribution in [0.5, 0.6) is 11.5 Å². The fourth-order valence-corrected chi connectivity index (χ4v) is 11.4. The first-order chi connectivity index (χ1) is 27.0. The lowest BCUT2D eigenvalue weighted by molar-refractivity contribution is 0.477. The zero-order valence-electron chi connectivity index (χ0n) is 30.3. The fraction of sp³-hybridized carbons (Fsp3) is 0.0588. The fourth-order valence-electron chi connectivity index (χ4n) is 9.09. The highest BCUT2D eigenvalue weighted by atomic mass is 32.1. The summed E-state index contributed by atoms with van der Waals surface area (Å²) in [4.78, 5) is 2.39. The van der Waals surface area contributed by atoms with E-state index in [1.54, 1.807) is 0 Å². The Kier molecular flexibility index (Phi) is 6.47. The molecular weight excluding hydrogens is 707 g/mol. The van der Waals surface area contributed by atoms with Crippen LogP contribution in [-0.4, -0.2) is 0 Å². The van der Waals surface area contributed by atoms with Crippen LogP contribution in [0.2, 0.25) is 0 Å². The van der Waals surface area contributed by atoms with E-state index in [-0.39, 0.29) is 5.41 Å². The lowest BCUT2D eigenvalue weighted by Gasteiger charge is -2.34. The summed E-state index contributed by atoms with van der Waals surface area (Å²) in [6.45, 7) is 4.70. The Balaban J connectivity index is 1.01. The standard InChI is InChI=1S/C51H33NOS2/c1-51(2)41-12-6-3-9-35(41)36-22-19-34(29-42(36)51)52-43-23-17-30(32-15-20-39-37-10-4-7-13-47(37)54-49(39)27-32)25-45(43)53-46-26-31(18-24-44(46)52)33-16-21-40-38-11-5-8-14-48(38)55-50(40)28-33/h3-29H,1-2H3. The molecule has 2 aromatic heterocycles. The summed E-state index contributed by atoms with van der Waals surface area (Å²) in [7, 11) is 0. The molecule has 0 bridgehead atoms. The number of thiophene rings is 2. The van der Waals surface area contributed by atoms with E-state index in [0.29, 0.717) is 0 Å². The Morgan fingerprint density at radius 2 is 0.909 bits per heavy atom. The molecule has 4 heteroatoms. The Morgan fingerprint density at radius 1 is 0.418 bits per heavy atom. The number of rotatable bonds is 3. The summed E-state index contributed by atoms with van der Waals surface area (Å²) < 4.78 is 12.2. The second-order valence-corrected chi connectivity index (χ2v) is 17.5. The minimum atomic E-state index is -0.107. The van der Waals surface area contributed by atoms with Crippen molar-refractivity contribution in [2.24, 2.45) is 0 Å². The summed E-state index contributed by atoms with van der Waals surface area (Å²) in [5.41, 5.74) is 13.1. The highest BCUT2D eigenvalue weighted by molar-refractivity contribution is 7.26. The summed E-state index contributed by atoms with van der Waals surface area (Å²) in [6, 6.07) is 60.4. The van der Waals surface area contributed by atoms with Crippen LogP contribution in [0.15, 0.2) is 164 Å². The van der Waals surface area contributed by atoms with Crippen molar-refractivity contribution in [3.8, 4) is 44.9 Å². The van der Waals surface area contributed by atoms with Crippen LogP contribution in [0, 0.1) is 0 Å². The lowest BCUT2D eigenvalue weighted by atomic mass is 9.82. The zero-order valence-corrected chi connectivity index (χ0v) is 31.9. The molecule has 0 radical (unpaired) electrons. The van der Waals surface area contributed by atoms with Crippen molar-refractivity contribution in [3.63, 3.8) is 0 Å². The molecular formula is C51H33NOS2. The van der Waals surface area contributed by atoms with Crippen LogP contribution in [0.3, 0.4) is 0 Å². The maximum absolute atomic E-state index is 6.97. The highest BCUT2D eigenvalue weighted by Crippen LogP contribution is 2.55. The molecule has 55 heavy (non-hydrogen) atoms. The average molecular weight is 740 g/mol. The molecule has 8 aromatic carbocycles. The summed E-state index contributed by atoms with van der Waals surface area (Å²) >= 11 is 3.71. The number of anilines is 3. The third-order valence-corrected chi connectivity index (χ3v) is 14.1. The van der Waals surface area contributed by atoms with Crippen LogP contribution in [0.1, 0.15) is 25.0 Å². The number of hydrogen-bond acceptors (Lipinski definition) is 4. The largest absolute Gasteiger partial charge is 0.453 e. The molecule has 0 amide bonds. The molecule has 0 unspecified atom stereocenters. The molecule has 260 valence electrons. The SMILES string of the molecule is CC1(C)c2ccccc2-c2ccc(N3c4ccc(-c5ccc6c(c5)sc5ccccc56)cc4Oc4cc(-c5ccc6c(c5)sc5ccccc56)ccc43)cc21. The lowest BCUT2D eigenvalue weighted by Crippen LogP contribution is -2.18. The van der Waals surface area contributed by atoms with Gasteiger partial charge in [0.05, 0.1) is 11.4 Å². The quantitative estimate of drug-likeness (QED) is 0.179. The Bertz CT molecular complexity index is 3070. The van der Waals surface area contributed by atoms with Crippen molar-refractivity contribution >= 4 is 80.1 Å². The Labute approximate surface area is 327 Å². The maximum atomic E-state index is 6.97. The molecule has 0 saturated carbocycles. The van der Waals surface area contributed by atoms with Gasteiger partial charge in [-0.15, -0.1) is 22.7 Å². The van der Waals surface area contributed by atoms with Gasteiger partial charge in [-0.05, 0) is 105 Å². The number of nitrogens with zero attached hydrogens (tertiary/aromatic N) is 1. The van der Waals surface area contributed by atoms with Gasteiger partial charge in [-0.25, -0.2) is 0 Å². The number of ether oxygens (including phenoxy) is 1. The molecule has 1 aliphatic carbocycles. The van der Waals surface area contributed by atoms with Gasteiger partial charge in [-0.1, -0.05) is 117 Å². The third kappa shape index (κ3) is 4.59. The van der Waals surface area contributed by atoms with Gasteiger partial charge in [0.15, 0.2) is 11.5 Å². The predicted octanol–water partition coefficient (Wildman–Crippen LogP) is 15.6. The van der Waals surface area contributed by atoms with Crippen LogP contribution < -0.4 is 9.64 Å². The first-order valence-electron chi connectivity index (χ1n) is 18.8. The topological polar surface area (TPSA) is 12.5 Å². The second-order valence-electron chi connectivity index (χ2n) is 15.3. The van der Waals surface area contributed by atoms with Gasteiger partial charge in [0.25, 0.3) is 0 Å². The van der Waals surface area contributed by atoms with Crippen molar-refractivity contribution in [3.05, 3.63) is 175 Å². The van der Waals surface area contributed by atoms with Gasteiger partial charge in [0.2, 0.25) is 0 Å². The van der Waals surface area contributed by atoms with Crippen LogP contribution in [0.25, 0.3) is 73.7 Å². The minimum Gasteiger partial charge on any atom is -0.453 e. The van der Waals surface area contributed by atoms with E-state index in [0.717, 1.165) is 39.7 Å². The monoisotopic (exact) mass is 739 g/mol. The van der Waals surface area contributed by atoms with E-state index >= 15 is 0 Å². The van der Waals surface area contributed by atoms with Crippen molar-refractivity contribution in [2.45, 2.75) is 19.3 Å². The van der Waals surface area contributed by atoms with E-state index in [1.165, 1.54) is 73.7 Å². The van der Waals surface area contributed by atoms with E-state index in [4.69, 9.17) is 4.74 Å². The smallest absolute Gasteiger partial charge is 0.152 e. The molecule has 0 saturated heterocycles. The summed E-state index contributed by atoms with van der Waals surface area (Å²) in [6.07, 6.45) is 0. The van der Waals surface area contributed by atoms with Crippen LogP contribution in [0.4, 0.5) is 17.1 Å². The minimum absolute atomic E-state index is 0.107. The van der Waals surface area contributed by atoms with Crippen molar-refractivity contribution < 1.29 is 4.74 Å². The van der Waals surface area contributed by atoms with Gasteiger partial charge in [0.1, 0.15) is 0 Å². The molecule has 10 aromatic rings. The summed E-state index contributed by atoms with van der Waals surface area (Å²) in [5.74, 6) is 1.70. The van der Waals surface area contributed by atoms with E-state index in [1.807, 2.05) is 22.7 Å². The van der Waals surface area contributed by atoms with Gasteiger partial charge < -0.3 is 9.64 Å².